The zero-order chi connectivity index (χ0) is 26.7. The number of hydrogen-bond donors (Lipinski definition) is 2. The van der Waals surface area contributed by atoms with Crippen LogP contribution in [-0.2, 0) is 4.79 Å². The van der Waals surface area contributed by atoms with E-state index in [1.807, 2.05) is 43.3 Å². The van der Waals surface area contributed by atoms with Crippen LogP contribution in [0.2, 0.25) is 0 Å². The third kappa shape index (κ3) is 7.04. The maximum atomic E-state index is 12.7. The fourth-order valence-electron chi connectivity index (χ4n) is 3.59. The molecule has 8 nitrogen and oxygen atoms in total. The number of nitrogens with zero attached hydrogens (tertiary/aromatic N) is 1. The summed E-state index contributed by atoms with van der Waals surface area (Å²) in [6, 6.07) is 26.5. The largest absolute Gasteiger partial charge is 0.494 e. The predicted octanol–water partition coefficient (Wildman–Crippen LogP) is 4.73. The molecule has 0 unspecified atom stereocenters. The fourth-order valence-corrected chi connectivity index (χ4v) is 3.59. The average Bonchev–Trinajstić information content (AvgIpc) is 2.95. The summed E-state index contributed by atoms with van der Waals surface area (Å²) >= 11 is 0. The Morgan fingerprint density at radius 3 is 2.32 bits per heavy atom. The first-order chi connectivity index (χ1) is 18.5. The Morgan fingerprint density at radius 1 is 0.842 bits per heavy atom. The van der Waals surface area contributed by atoms with Crippen molar-refractivity contribution in [1.82, 2.24) is 10.7 Å². The van der Waals surface area contributed by atoms with Crippen LogP contribution >= 0.6 is 0 Å². The van der Waals surface area contributed by atoms with Crippen LogP contribution in [0.3, 0.4) is 0 Å². The van der Waals surface area contributed by atoms with Crippen LogP contribution in [-0.4, -0.2) is 37.1 Å². The van der Waals surface area contributed by atoms with Crippen LogP contribution in [0.15, 0.2) is 96.1 Å². The van der Waals surface area contributed by atoms with Gasteiger partial charge in [0, 0.05) is 5.56 Å². The molecule has 2 amide bonds. The van der Waals surface area contributed by atoms with Crippen LogP contribution in [0.25, 0.3) is 10.8 Å². The highest BCUT2D eigenvalue weighted by molar-refractivity contribution is 6.05. The molecule has 4 aromatic rings. The van der Waals surface area contributed by atoms with Gasteiger partial charge in [-0.3, -0.25) is 9.59 Å². The molecule has 0 radical (unpaired) electrons. The summed E-state index contributed by atoms with van der Waals surface area (Å²) in [5.41, 5.74) is 3.96. The molecule has 192 valence electrons. The van der Waals surface area contributed by atoms with Gasteiger partial charge >= 0.3 is 5.97 Å². The Kier molecular flexibility index (Phi) is 8.80. The zero-order valence-electron chi connectivity index (χ0n) is 20.8. The Labute approximate surface area is 220 Å². The van der Waals surface area contributed by atoms with Crippen molar-refractivity contribution in [2.24, 2.45) is 5.10 Å². The van der Waals surface area contributed by atoms with Gasteiger partial charge in [0.15, 0.2) is 0 Å². The van der Waals surface area contributed by atoms with E-state index in [0.717, 1.165) is 17.2 Å². The van der Waals surface area contributed by atoms with Crippen LogP contribution in [0.5, 0.6) is 11.5 Å². The SMILES string of the molecule is CCCOc1ccc(C(=O)NCC(=O)N/N=C/c2ccc(OC(=O)c3cccc4ccccc34)cc2)cc1. The van der Waals surface area contributed by atoms with Crippen LogP contribution in [0.4, 0.5) is 0 Å². The summed E-state index contributed by atoms with van der Waals surface area (Å²) in [5, 5.41) is 8.24. The molecule has 0 aromatic heterocycles. The number of hydrazone groups is 1. The molecule has 8 heteroatoms. The number of carbonyl (C=O) groups excluding carboxylic acids is 3. The topological polar surface area (TPSA) is 106 Å². The van der Waals surface area contributed by atoms with Crippen molar-refractivity contribution in [2.45, 2.75) is 13.3 Å². The standard InChI is InChI=1S/C30H27N3O5/c1-2-18-37-24-16-12-23(13-17-24)29(35)31-20-28(34)33-32-19-21-10-14-25(15-11-21)38-30(36)27-9-5-7-22-6-3-4-8-26(22)27/h3-17,19H,2,18,20H2,1H3,(H,31,35)(H,33,34)/b32-19+. The number of carbonyl (C=O) groups is 3. The van der Waals surface area contributed by atoms with E-state index in [0.29, 0.717) is 34.8 Å². The summed E-state index contributed by atoms with van der Waals surface area (Å²) in [6.07, 6.45) is 2.35. The molecule has 0 saturated carbocycles. The van der Waals surface area contributed by atoms with Crippen molar-refractivity contribution in [1.29, 1.82) is 0 Å². The quantitative estimate of drug-likeness (QED) is 0.139. The number of nitrogens with one attached hydrogen (secondary N) is 2. The first kappa shape index (κ1) is 26.1. The molecule has 0 atom stereocenters. The second-order valence-electron chi connectivity index (χ2n) is 8.33. The minimum Gasteiger partial charge on any atom is -0.494 e. The Hall–Kier alpha value is -4.98. The highest BCUT2D eigenvalue weighted by atomic mass is 16.5. The highest BCUT2D eigenvalue weighted by Crippen LogP contribution is 2.21. The first-order valence-electron chi connectivity index (χ1n) is 12.2. The summed E-state index contributed by atoms with van der Waals surface area (Å²) in [5.74, 6) is -0.223. The third-order valence-corrected chi connectivity index (χ3v) is 5.50. The molecule has 4 aromatic carbocycles. The Morgan fingerprint density at radius 2 is 1.55 bits per heavy atom. The second-order valence-corrected chi connectivity index (χ2v) is 8.33. The van der Waals surface area contributed by atoms with E-state index in [1.54, 1.807) is 54.6 Å². The number of ether oxygens (including phenoxy) is 2. The fraction of sp³-hybridized carbons (Fsp3) is 0.133. The van der Waals surface area contributed by atoms with Crippen molar-refractivity contribution >= 4 is 34.8 Å². The number of esters is 1. The first-order valence-corrected chi connectivity index (χ1v) is 12.2. The van der Waals surface area contributed by atoms with Crippen LogP contribution in [0.1, 0.15) is 39.6 Å². The zero-order valence-corrected chi connectivity index (χ0v) is 20.8. The molecular weight excluding hydrogens is 482 g/mol. The monoisotopic (exact) mass is 509 g/mol. The lowest BCUT2D eigenvalue weighted by Crippen LogP contribution is -2.34. The van der Waals surface area contributed by atoms with Gasteiger partial charge in [0.1, 0.15) is 11.5 Å². The molecule has 0 spiro atoms. The minimum atomic E-state index is -0.474. The molecule has 0 saturated heterocycles. The smallest absolute Gasteiger partial charge is 0.344 e. The van der Waals surface area contributed by atoms with E-state index in [2.05, 4.69) is 15.8 Å². The van der Waals surface area contributed by atoms with E-state index < -0.39 is 11.9 Å². The Bertz CT molecular complexity index is 1440. The van der Waals surface area contributed by atoms with E-state index >= 15 is 0 Å². The van der Waals surface area contributed by atoms with Gasteiger partial charge in [0.2, 0.25) is 0 Å². The lowest BCUT2D eigenvalue weighted by molar-refractivity contribution is -0.120. The lowest BCUT2D eigenvalue weighted by Gasteiger charge is -2.07. The maximum Gasteiger partial charge on any atom is 0.344 e. The molecule has 4 rings (SSSR count). The summed E-state index contributed by atoms with van der Waals surface area (Å²) < 4.78 is 11.0. The number of rotatable bonds is 10. The van der Waals surface area contributed by atoms with Gasteiger partial charge in [-0.15, -0.1) is 0 Å². The number of hydrogen-bond acceptors (Lipinski definition) is 6. The lowest BCUT2D eigenvalue weighted by atomic mass is 10.0. The summed E-state index contributed by atoms with van der Waals surface area (Å²) in [6.45, 7) is 2.39. The Balaban J connectivity index is 1.23. The van der Waals surface area contributed by atoms with E-state index in [1.165, 1.54) is 6.21 Å². The van der Waals surface area contributed by atoms with Crippen molar-refractivity contribution in [2.75, 3.05) is 13.2 Å². The molecule has 0 fully saturated rings. The van der Waals surface area contributed by atoms with E-state index in [-0.39, 0.29) is 12.5 Å². The van der Waals surface area contributed by atoms with Crippen LogP contribution < -0.4 is 20.2 Å². The molecule has 0 aliphatic carbocycles. The molecule has 0 aliphatic rings. The van der Waals surface area contributed by atoms with E-state index in [4.69, 9.17) is 9.47 Å². The molecule has 38 heavy (non-hydrogen) atoms. The number of benzene rings is 4. The van der Waals surface area contributed by atoms with Gasteiger partial charge in [-0.1, -0.05) is 43.3 Å². The summed E-state index contributed by atoms with van der Waals surface area (Å²) in [4.78, 5) is 36.9. The van der Waals surface area contributed by atoms with Gasteiger partial charge in [-0.25, -0.2) is 10.2 Å². The highest BCUT2D eigenvalue weighted by Gasteiger charge is 2.12. The number of fused-ring (bicyclic) bond motifs is 1. The predicted molar refractivity (Wildman–Crippen MR) is 146 cm³/mol. The second kappa shape index (κ2) is 12.8. The molecule has 0 bridgehead atoms. The molecular formula is C30H27N3O5. The molecule has 0 aliphatic heterocycles. The van der Waals surface area contributed by atoms with Crippen LogP contribution in [0, 0.1) is 0 Å². The van der Waals surface area contributed by atoms with Gasteiger partial charge in [0.25, 0.3) is 11.8 Å². The maximum absolute atomic E-state index is 12.7. The minimum absolute atomic E-state index is 0.229. The van der Waals surface area contributed by atoms with Crippen molar-refractivity contribution in [3.8, 4) is 11.5 Å². The molecule has 2 N–H and O–H groups in total. The van der Waals surface area contributed by atoms with Crippen molar-refractivity contribution < 1.29 is 23.9 Å². The third-order valence-electron chi connectivity index (χ3n) is 5.50. The van der Waals surface area contributed by atoms with Gasteiger partial charge in [0.05, 0.1) is 24.9 Å². The molecule has 0 heterocycles. The summed E-state index contributed by atoms with van der Waals surface area (Å²) in [7, 11) is 0. The van der Waals surface area contributed by atoms with E-state index in [9.17, 15) is 14.4 Å². The van der Waals surface area contributed by atoms with Gasteiger partial charge in [-0.2, -0.15) is 5.10 Å². The normalized spacial score (nSPS) is 10.8. The van der Waals surface area contributed by atoms with Crippen molar-refractivity contribution in [3.05, 3.63) is 108 Å². The average molecular weight is 510 g/mol. The van der Waals surface area contributed by atoms with Gasteiger partial charge < -0.3 is 14.8 Å². The number of amides is 2. The van der Waals surface area contributed by atoms with Crippen molar-refractivity contribution in [3.63, 3.8) is 0 Å². The van der Waals surface area contributed by atoms with Gasteiger partial charge in [-0.05, 0) is 77.4 Å².